The predicted octanol–water partition coefficient (Wildman–Crippen LogP) is 2.46. The first-order valence-corrected chi connectivity index (χ1v) is 6.91. The van der Waals surface area contributed by atoms with Gasteiger partial charge in [-0.25, -0.2) is 0 Å². The third-order valence-corrected chi connectivity index (χ3v) is 3.45. The lowest BCUT2D eigenvalue weighted by atomic mass is 10.2. The molecule has 1 rings (SSSR count). The summed E-state index contributed by atoms with van der Waals surface area (Å²) in [5.74, 6) is 1.03. The summed E-state index contributed by atoms with van der Waals surface area (Å²) in [4.78, 5) is 11.3. The van der Waals surface area contributed by atoms with Crippen LogP contribution in [0.3, 0.4) is 0 Å². The number of esters is 1. The van der Waals surface area contributed by atoms with Gasteiger partial charge in [-0.1, -0.05) is 23.7 Å². The Morgan fingerprint density at radius 3 is 2.71 bits per heavy atom. The van der Waals surface area contributed by atoms with Crippen molar-refractivity contribution in [2.45, 2.75) is 18.7 Å². The van der Waals surface area contributed by atoms with Gasteiger partial charge in [0.25, 0.3) is 0 Å². The molecule has 0 saturated heterocycles. The standard InChI is InChI=1S/C12H16ClNO2S/c1-2-16-12(15)11(14)8-17-7-9-3-5-10(13)6-4-9/h3-6,11H,2,7-8,14H2,1H3. The summed E-state index contributed by atoms with van der Waals surface area (Å²) in [6.07, 6.45) is 0. The molecular weight excluding hydrogens is 258 g/mol. The smallest absolute Gasteiger partial charge is 0.323 e. The van der Waals surface area contributed by atoms with Crippen LogP contribution in [0.2, 0.25) is 5.02 Å². The Morgan fingerprint density at radius 2 is 2.12 bits per heavy atom. The molecule has 94 valence electrons. The molecule has 0 aromatic heterocycles. The van der Waals surface area contributed by atoms with Crippen molar-refractivity contribution in [1.82, 2.24) is 0 Å². The normalized spacial score (nSPS) is 12.2. The zero-order chi connectivity index (χ0) is 12.7. The third-order valence-electron chi connectivity index (χ3n) is 2.07. The molecule has 0 fully saturated rings. The Hall–Kier alpha value is -0.710. The van der Waals surface area contributed by atoms with E-state index in [2.05, 4.69) is 0 Å². The van der Waals surface area contributed by atoms with Gasteiger partial charge in [0.1, 0.15) is 6.04 Å². The highest BCUT2D eigenvalue weighted by molar-refractivity contribution is 7.98. The quantitative estimate of drug-likeness (QED) is 0.809. The Bertz CT molecular complexity index is 356. The van der Waals surface area contributed by atoms with Gasteiger partial charge in [0.2, 0.25) is 0 Å². The molecule has 17 heavy (non-hydrogen) atoms. The van der Waals surface area contributed by atoms with Crippen molar-refractivity contribution in [2.24, 2.45) is 5.73 Å². The van der Waals surface area contributed by atoms with Crippen molar-refractivity contribution in [3.8, 4) is 0 Å². The SMILES string of the molecule is CCOC(=O)C(N)CSCc1ccc(Cl)cc1. The van der Waals surface area contributed by atoms with E-state index in [1.807, 2.05) is 24.3 Å². The molecule has 1 unspecified atom stereocenters. The summed E-state index contributed by atoms with van der Waals surface area (Å²) < 4.78 is 4.83. The van der Waals surface area contributed by atoms with Crippen molar-refractivity contribution in [1.29, 1.82) is 0 Å². The number of benzene rings is 1. The second-order valence-corrected chi connectivity index (χ2v) is 4.97. The van der Waals surface area contributed by atoms with Crippen molar-refractivity contribution in [3.63, 3.8) is 0 Å². The van der Waals surface area contributed by atoms with Crippen molar-refractivity contribution < 1.29 is 9.53 Å². The highest BCUT2D eigenvalue weighted by atomic mass is 35.5. The van der Waals surface area contributed by atoms with Gasteiger partial charge in [-0.05, 0) is 24.6 Å². The Kier molecular flexibility index (Phi) is 6.40. The first-order valence-electron chi connectivity index (χ1n) is 5.38. The van der Waals surface area contributed by atoms with Gasteiger partial charge in [0, 0.05) is 16.5 Å². The minimum absolute atomic E-state index is 0.337. The van der Waals surface area contributed by atoms with Gasteiger partial charge in [0.15, 0.2) is 0 Å². The summed E-state index contributed by atoms with van der Waals surface area (Å²) in [5.41, 5.74) is 6.84. The van der Waals surface area contributed by atoms with Gasteiger partial charge in [-0.3, -0.25) is 4.79 Å². The maximum absolute atomic E-state index is 11.3. The minimum atomic E-state index is -0.549. The predicted molar refractivity (Wildman–Crippen MR) is 72.2 cm³/mol. The number of hydrogen-bond donors (Lipinski definition) is 1. The van der Waals surface area contributed by atoms with Crippen LogP contribution in [0.1, 0.15) is 12.5 Å². The van der Waals surface area contributed by atoms with Crippen LogP contribution in [0.4, 0.5) is 0 Å². The van der Waals surface area contributed by atoms with Crippen LogP contribution in [0.25, 0.3) is 0 Å². The molecule has 3 nitrogen and oxygen atoms in total. The number of hydrogen-bond acceptors (Lipinski definition) is 4. The average molecular weight is 274 g/mol. The topological polar surface area (TPSA) is 52.3 Å². The van der Waals surface area contributed by atoms with Crippen LogP contribution in [0, 0.1) is 0 Å². The van der Waals surface area contributed by atoms with Crippen LogP contribution >= 0.6 is 23.4 Å². The molecule has 1 atom stereocenters. The molecule has 5 heteroatoms. The molecule has 1 aromatic rings. The van der Waals surface area contributed by atoms with E-state index in [0.717, 1.165) is 16.3 Å². The van der Waals surface area contributed by atoms with E-state index in [4.69, 9.17) is 22.1 Å². The van der Waals surface area contributed by atoms with Gasteiger partial charge in [-0.15, -0.1) is 0 Å². The summed E-state index contributed by atoms with van der Waals surface area (Å²) in [7, 11) is 0. The molecule has 0 aliphatic carbocycles. The van der Waals surface area contributed by atoms with E-state index < -0.39 is 6.04 Å². The van der Waals surface area contributed by atoms with Crippen LogP contribution in [-0.4, -0.2) is 24.4 Å². The van der Waals surface area contributed by atoms with E-state index in [1.165, 1.54) is 0 Å². The molecule has 1 aromatic carbocycles. The Morgan fingerprint density at radius 1 is 1.47 bits per heavy atom. The molecule has 0 saturated carbocycles. The fourth-order valence-electron chi connectivity index (χ4n) is 1.20. The molecule has 0 amide bonds. The summed E-state index contributed by atoms with van der Waals surface area (Å²) >= 11 is 7.39. The molecule has 0 heterocycles. The maximum atomic E-state index is 11.3. The Labute approximate surface area is 111 Å². The minimum Gasteiger partial charge on any atom is -0.465 e. The van der Waals surface area contributed by atoms with Crippen LogP contribution < -0.4 is 5.73 Å². The van der Waals surface area contributed by atoms with E-state index in [-0.39, 0.29) is 5.97 Å². The van der Waals surface area contributed by atoms with Gasteiger partial charge < -0.3 is 10.5 Å². The van der Waals surface area contributed by atoms with Crippen LogP contribution in [-0.2, 0) is 15.3 Å². The van der Waals surface area contributed by atoms with Gasteiger partial charge >= 0.3 is 5.97 Å². The molecule has 0 aliphatic rings. The van der Waals surface area contributed by atoms with E-state index in [9.17, 15) is 4.79 Å². The monoisotopic (exact) mass is 273 g/mol. The third kappa shape index (κ3) is 5.44. The molecule has 0 bridgehead atoms. The number of nitrogens with two attached hydrogens (primary N) is 1. The number of carbonyl (C=O) groups excluding carboxylic acids is 1. The lowest BCUT2D eigenvalue weighted by Gasteiger charge is -2.09. The highest BCUT2D eigenvalue weighted by Crippen LogP contribution is 2.16. The lowest BCUT2D eigenvalue weighted by molar-refractivity contribution is -0.144. The number of ether oxygens (including phenoxy) is 1. The fourth-order valence-corrected chi connectivity index (χ4v) is 2.26. The van der Waals surface area contributed by atoms with E-state index in [0.29, 0.717) is 12.4 Å². The van der Waals surface area contributed by atoms with Crippen LogP contribution in [0.5, 0.6) is 0 Å². The van der Waals surface area contributed by atoms with Crippen molar-refractivity contribution in [3.05, 3.63) is 34.9 Å². The number of halogens is 1. The lowest BCUT2D eigenvalue weighted by Crippen LogP contribution is -2.34. The second-order valence-electron chi connectivity index (χ2n) is 3.50. The summed E-state index contributed by atoms with van der Waals surface area (Å²) in [6.45, 7) is 2.14. The first kappa shape index (κ1) is 14.4. The van der Waals surface area contributed by atoms with Gasteiger partial charge in [0.05, 0.1) is 6.61 Å². The summed E-state index contributed by atoms with van der Waals surface area (Å²) in [5, 5.41) is 0.724. The zero-order valence-corrected chi connectivity index (χ0v) is 11.3. The number of thioether (sulfide) groups is 1. The summed E-state index contributed by atoms with van der Waals surface area (Å²) in [6, 6.07) is 7.08. The molecule has 0 aliphatic heterocycles. The second kappa shape index (κ2) is 7.58. The van der Waals surface area contributed by atoms with Crippen molar-refractivity contribution >= 4 is 29.3 Å². The van der Waals surface area contributed by atoms with Gasteiger partial charge in [-0.2, -0.15) is 11.8 Å². The zero-order valence-electron chi connectivity index (χ0n) is 9.69. The Balaban J connectivity index is 2.27. The molecular formula is C12H16ClNO2S. The number of carbonyl (C=O) groups is 1. The van der Waals surface area contributed by atoms with E-state index >= 15 is 0 Å². The first-order chi connectivity index (χ1) is 8.13. The number of rotatable bonds is 6. The molecule has 2 N–H and O–H groups in total. The molecule has 0 radical (unpaired) electrons. The maximum Gasteiger partial charge on any atom is 0.323 e. The fraction of sp³-hybridized carbons (Fsp3) is 0.417. The largest absolute Gasteiger partial charge is 0.465 e. The van der Waals surface area contributed by atoms with Crippen molar-refractivity contribution in [2.75, 3.05) is 12.4 Å². The average Bonchev–Trinajstić information content (AvgIpc) is 2.32. The van der Waals surface area contributed by atoms with Crippen LogP contribution in [0.15, 0.2) is 24.3 Å². The van der Waals surface area contributed by atoms with E-state index in [1.54, 1.807) is 18.7 Å². The molecule has 0 spiro atoms. The highest BCUT2D eigenvalue weighted by Gasteiger charge is 2.13.